The van der Waals surface area contributed by atoms with Crippen molar-refractivity contribution in [3.05, 3.63) is 63.3 Å². The van der Waals surface area contributed by atoms with Crippen LogP contribution in [0.5, 0.6) is 0 Å². The largest absolute Gasteiger partial charge is 0.356 e. The van der Waals surface area contributed by atoms with E-state index in [0.29, 0.717) is 18.9 Å². The minimum absolute atomic E-state index is 0.182. The number of hydrogen-bond acceptors (Lipinski definition) is 3. The summed E-state index contributed by atoms with van der Waals surface area (Å²) in [6.07, 6.45) is 0.629. The molecule has 0 N–H and O–H groups in total. The van der Waals surface area contributed by atoms with E-state index in [4.69, 9.17) is 16.3 Å². The molecule has 5 heteroatoms. The molecule has 0 aliphatic rings. The predicted octanol–water partition coefficient (Wildman–Crippen LogP) is 2.63. The molecule has 1 heterocycles. The molecule has 2 aromatic rings. The van der Waals surface area contributed by atoms with Crippen LogP contribution in [-0.4, -0.2) is 9.55 Å². The Kier molecular flexibility index (Phi) is 4.71. The van der Waals surface area contributed by atoms with E-state index >= 15 is 0 Å². The van der Waals surface area contributed by atoms with Crippen LogP contribution in [0.25, 0.3) is 0 Å². The second kappa shape index (κ2) is 6.50. The lowest BCUT2D eigenvalue weighted by Crippen LogP contribution is -2.25. The van der Waals surface area contributed by atoms with Crippen LogP contribution in [0.15, 0.2) is 41.2 Å². The van der Waals surface area contributed by atoms with Gasteiger partial charge >= 0.3 is 0 Å². The van der Waals surface area contributed by atoms with E-state index in [1.54, 1.807) is 0 Å². The molecule has 0 spiro atoms. The highest BCUT2D eigenvalue weighted by molar-refractivity contribution is 6.29. The molecule has 0 aliphatic heterocycles. The highest BCUT2D eigenvalue weighted by Gasteiger charge is 2.06. The van der Waals surface area contributed by atoms with E-state index in [2.05, 4.69) is 4.98 Å². The van der Waals surface area contributed by atoms with Gasteiger partial charge in [-0.1, -0.05) is 48.9 Å². The zero-order valence-electron chi connectivity index (χ0n) is 10.7. The Morgan fingerprint density at radius 1 is 1.32 bits per heavy atom. The third kappa shape index (κ3) is 3.66. The van der Waals surface area contributed by atoms with Crippen molar-refractivity contribution in [2.45, 2.75) is 26.7 Å². The topological polar surface area (TPSA) is 44.1 Å². The van der Waals surface area contributed by atoms with E-state index < -0.39 is 0 Å². The van der Waals surface area contributed by atoms with Crippen molar-refractivity contribution in [2.24, 2.45) is 0 Å². The number of rotatable bonds is 5. The van der Waals surface area contributed by atoms with Gasteiger partial charge in [-0.25, -0.2) is 4.98 Å². The zero-order valence-corrected chi connectivity index (χ0v) is 11.4. The molecular weight excluding hydrogens is 264 g/mol. The second-order valence-corrected chi connectivity index (χ2v) is 4.47. The van der Waals surface area contributed by atoms with Crippen LogP contribution in [0.1, 0.15) is 18.3 Å². The summed E-state index contributed by atoms with van der Waals surface area (Å²) < 4.78 is 7.04. The lowest BCUT2D eigenvalue weighted by atomic mass is 10.2. The van der Waals surface area contributed by atoms with Gasteiger partial charge in [-0.2, -0.15) is 0 Å². The molecule has 2 rings (SSSR count). The fourth-order valence-electron chi connectivity index (χ4n) is 1.76. The van der Waals surface area contributed by atoms with Crippen molar-refractivity contribution < 1.29 is 4.74 Å². The summed E-state index contributed by atoms with van der Waals surface area (Å²) in [5, 5.41) is 0.223. The minimum Gasteiger partial charge on any atom is -0.356 e. The van der Waals surface area contributed by atoms with Gasteiger partial charge in [-0.05, 0) is 5.56 Å². The second-order valence-electron chi connectivity index (χ2n) is 4.08. The van der Waals surface area contributed by atoms with Crippen LogP contribution in [0.3, 0.4) is 0 Å². The van der Waals surface area contributed by atoms with Gasteiger partial charge in [0.05, 0.1) is 6.61 Å². The van der Waals surface area contributed by atoms with Crippen LogP contribution in [-0.2, 0) is 24.5 Å². The summed E-state index contributed by atoms with van der Waals surface area (Å²) in [6, 6.07) is 11.1. The molecule has 100 valence electrons. The number of aromatic nitrogens is 2. The zero-order chi connectivity index (χ0) is 13.7. The fourth-order valence-corrected chi connectivity index (χ4v) is 1.95. The summed E-state index contributed by atoms with van der Waals surface area (Å²) in [7, 11) is 0. The minimum atomic E-state index is -0.190. The molecule has 0 bridgehead atoms. The molecular formula is C14H15ClN2O2. The standard InChI is InChI=1S/C14H15ClN2O2/c1-2-13-16-12(15)8-14(18)17(13)10-19-9-11-6-4-3-5-7-11/h3-8H,2,9-10H2,1H3. The number of halogens is 1. The average molecular weight is 279 g/mol. The van der Waals surface area contributed by atoms with Crippen LogP contribution < -0.4 is 5.56 Å². The quantitative estimate of drug-likeness (QED) is 0.790. The van der Waals surface area contributed by atoms with Gasteiger partial charge in [-0.15, -0.1) is 0 Å². The Morgan fingerprint density at radius 2 is 2.05 bits per heavy atom. The summed E-state index contributed by atoms with van der Waals surface area (Å²) in [4.78, 5) is 15.9. The molecule has 0 saturated carbocycles. The predicted molar refractivity (Wildman–Crippen MR) is 74.1 cm³/mol. The maximum Gasteiger partial charge on any atom is 0.256 e. The van der Waals surface area contributed by atoms with Gasteiger partial charge in [0.1, 0.15) is 17.7 Å². The number of benzene rings is 1. The molecule has 0 atom stereocenters. The highest BCUT2D eigenvalue weighted by atomic mass is 35.5. The third-order valence-electron chi connectivity index (χ3n) is 2.70. The van der Waals surface area contributed by atoms with Gasteiger partial charge in [0.15, 0.2) is 0 Å². The van der Waals surface area contributed by atoms with E-state index in [-0.39, 0.29) is 17.4 Å². The first kappa shape index (κ1) is 13.8. The molecule has 0 fully saturated rings. The maximum absolute atomic E-state index is 11.8. The van der Waals surface area contributed by atoms with Gasteiger partial charge in [-0.3, -0.25) is 9.36 Å². The molecule has 1 aromatic heterocycles. The summed E-state index contributed by atoms with van der Waals surface area (Å²) in [6.45, 7) is 2.56. The molecule has 19 heavy (non-hydrogen) atoms. The number of hydrogen-bond donors (Lipinski definition) is 0. The maximum atomic E-state index is 11.8. The Balaban J connectivity index is 2.06. The van der Waals surface area contributed by atoms with Crippen LogP contribution in [0, 0.1) is 0 Å². The average Bonchev–Trinajstić information content (AvgIpc) is 2.42. The molecule has 0 aliphatic carbocycles. The fraction of sp³-hybridized carbons (Fsp3) is 0.286. The van der Waals surface area contributed by atoms with Crippen LogP contribution in [0.4, 0.5) is 0 Å². The number of ether oxygens (including phenoxy) is 1. The lowest BCUT2D eigenvalue weighted by Gasteiger charge is -2.11. The first-order chi connectivity index (χ1) is 9.20. The van der Waals surface area contributed by atoms with Crippen molar-refractivity contribution >= 4 is 11.6 Å². The summed E-state index contributed by atoms with van der Waals surface area (Å²) >= 11 is 5.77. The van der Waals surface area contributed by atoms with Crippen molar-refractivity contribution in [3.8, 4) is 0 Å². The van der Waals surface area contributed by atoms with E-state index in [0.717, 1.165) is 5.56 Å². The summed E-state index contributed by atoms with van der Waals surface area (Å²) in [5.74, 6) is 0.630. The van der Waals surface area contributed by atoms with Gasteiger partial charge < -0.3 is 4.74 Å². The van der Waals surface area contributed by atoms with Gasteiger partial charge in [0, 0.05) is 12.5 Å². The molecule has 0 unspecified atom stereocenters. The van der Waals surface area contributed by atoms with Gasteiger partial charge in [0.2, 0.25) is 0 Å². The molecule has 0 radical (unpaired) electrons. The first-order valence-electron chi connectivity index (χ1n) is 6.08. The third-order valence-corrected chi connectivity index (χ3v) is 2.90. The number of nitrogens with zero attached hydrogens (tertiary/aromatic N) is 2. The number of aryl methyl sites for hydroxylation is 1. The monoisotopic (exact) mass is 278 g/mol. The van der Waals surface area contributed by atoms with Crippen molar-refractivity contribution in [1.29, 1.82) is 0 Å². The van der Waals surface area contributed by atoms with E-state index in [1.165, 1.54) is 10.6 Å². The van der Waals surface area contributed by atoms with Crippen molar-refractivity contribution in [1.82, 2.24) is 9.55 Å². The molecule has 0 amide bonds. The molecule has 0 saturated heterocycles. The van der Waals surface area contributed by atoms with Gasteiger partial charge in [0.25, 0.3) is 5.56 Å². The summed E-state index contributed by atoms with van der Waals surface area (Å²) in [5.41, 5.74) is 0.875. The smallest absolute Gasteiger partial charge is 0.256 e. The molecule has 1 aromatic carbocycles. The van der Waals surface area contributed by atoms with E-state index in [1.807, 2.05) is 37.3 Å². The highest BCUT2D eigenvalue weighted by Crippen LogP contribution is 2.05. The van der Waals surface area contributed by atoms with E-state index in [9.17, 15) is 4.79 Å². The Morgan fingerprint density at radius 3 is 2.74 bits per heavy atom. The Bertz CT molecular complexity index is 596. The van der Waals surface area contributed by atoms with Crippen LogP contribution in [0.2, 0.25) is 5.15 Å². The van der Waals surface area contributed by atoms with Crippen LogP contribution >= 0.6 is 11.6 Å². The van der Waals surface area contributed by atoms with Crippen molar-refractivity contribution in [3.63, 3.8) is 0 Å². The lowest BCUT2D eigenvalue weighted by molar-refractivity contribution is 0.0591. The SMILES string of the molecule is CCc1nc(Cl)cc(=O)n1COCc1ccccc1. The van der Waals surface area contributed by atoms with Crippen molar-refractivity contribution in [2.75, 3.05) is 0 Å². The first-order valence-corrected chi connectivity index (χ1v) is 6.46. The Labute approximate surface area is 116 Å². The Hall–Kier alpha value is -1.65. The normalized spacial score (nSPS) is 10.6. The molecule has 4 nitrogen and oxygen atoms in total.